The number of aromatic nitrogens is 5. The van der Waals surface area contributed by atoms with Crippen molar-refractivity contribution in [1.29, 1.82) is 0 Å². The maximum atomic E-state index is 12.2. The van der Waals surface area contributed by atoms with Crippen LogP contribution in [0.4, 0.5) is 0 Å². The van der Waals surface area contributed by atoms with Gasteiger partial charge in [-0.3, -0.25) is 9.69 Å². The Labute approximate surface area is 151 Å². The van der Waals surface area contributed by atoms with E-state index in [4.69, 9.17) is 4.52 Å². The summed E-state index contributed by atoms with van der Waals surface area (Å²) in [5.74, 6) is 1.95. The van der Waals surface area contributed by atoms with Gasteiger partial charge in [-0.15, -0.1) is 5.10 Å². The minimum atomic E-state index is -0.0800. The number of hydrogen-bond donors (Lipinski definition) is 0. The van der Waals surface area contributed by atoms with Gasteiger partial charge in [0.1, 0.15) is 5.76 Å². The molecule has 0 saturated carbocycles. The van der Waals surface area contributed by atoms with E-state index in [-0.39, 0.29) is 5.56 Å². The van der Waals surface area contributed by atoms with E-state index in [0.29, 0.717) is 18.3 Å². The molecule has 0 aromatic carbocycles. The lowest BCUT2D eigenvalue weighted by molar-refractivity contribution is 0.0761. The fourth-order valence-corrected chi connectivity index (χ4v) is 3.42. The Bertz CT molecular complexity index is 980. The van der Waals surface area contributed by atoms with Crippen LogP contribution >= 0.6 is 0 Å². The molecule has 1 aliphatic heterocycles. The fourth-order valence-electron chi connectivity index (χ4n) is 3.42. The lowest BCUT2D eigenvalue weighted by Gasteiger charge is -2.39. The number of aryl methyl sites for hydroxylation is 3. The van der Waals surface area contributed by atoms with Crippen LogP contribution in [0.5, 0.6) is 0 Å². The van der Waals surface area contributed by atoms with Gasteiger partial charge in [-0.05, 0) is 32.9 Å². The quantitative estimate of drug-likeness (QED) is 0.690. The van der Waals surface area contributed by atoms with Gasteiger partial charge in [-0.2, -0.15) is 5.10 Å². The van der Waals surface area contributed by atoms with Crippen molar-refractivity contribution in [3.8, 4) is 5.82 Å². The molecule has 8 nitrogen and oxygen atoms in total. The highest BCUT2D eigenvalue weighted by molar-refractivity contribution is 5.23. The molecule has 0 amide bonds. The third-order valence-electron chi connectivity index (χ3n) is 4.79. The van der Waals surface area contributed by atoms with E-state index in [9.17, 15) is 4.79 Å². The molecule has 1 aliphatic rings. The lowest BCUT2D eigenvalue weighted by atomic mass is 9.99. The predicted molar refractivity (Wildman–Crippen MR) is 95.1 cm³/mol. The molecular weight excluding hydrogens is 332 g/mol. The smallest absolute Gasteiger partial charge is 0.266 e. The average molecular weight is 354 g/mol. The normalized spacial score (nSPS) is 15.3. The fraction of sp³-hybridized carbons (Fsp3) is 0.444. The molecule has 8 heteroatoms. The number of likely N-dealkylation sites (tertiary alicyclic amines) is 1. The van der Waals surface area contributed by atoms with Crippen LogP contribution in [-0.4, -0.2) is 42.7 Å². The number of hydrogen-bond acceptors (Lipinski definition) is 6. The second kappa shape index (κ2) is 6.53. The highest BCUT2D eigenvalue weighted by Gasteiger charge is 2.28. The third kappa shape index (κ3) is 3.20. The standard InChI is InChI=1S/C18H22N6O2/c1-12-6-13(2)24(20-12)17-4-5-18(25)23(21-17)10-15-8-22(9-15)11-16-7-19-26-14(16)3/h4-7,15H,8-11H2,1-3H3. The third-order valence-corrected chi connectivity index (χ3v) is 4.79. The Morgan fingerprint density at radius 2 is 2.00 bits per heavy atom. The van der Waals surface area contributed by atoms with Crippen LogP contribution in [-0.2, 0) is 13.1 Å². The van der Waals surface area contributed by atoms with E-state index in [0.717, 1.165) is 42.3 Å². The molecule has 0 atom stereocenters. The summed E-state index contributed by atoms with van der Waals surface area (Å²) < 4.78 is 8.42. The van der Waals surface area contributed by atoms with E-state index in [1.165, 1.54) is 0 Å². The summed E-state index contributed by atoms with van der Waals surface area (Å²) in [5, 5.41) is 12.8. The molecule has 1 saturated heterocycles. The van der Waals surface area contributed by atoms with Gasteiger partial charge in [0, 0.05) is 42.9 Å². The van der Waals surface area contributed by atoms with Gasteiger partial charge < -0.3 is 4.52 Å². The van der Waals surface area contributed by atoms with Crippen LogP contribution < -0.4 is 5.56 Å². The van der Waals surface area contributed by atoms with Crippen molar-refractivity contribution in [3.63, 3.8) is 0 Å². The first-order chi connectivity index (χ1) is 12.5. The Morgan fingerprint density at radius 1 is 1.19 bits per heavy atom. The van der Waals surface area contributed by atoms with Crippen molar-refractivity contribution >= 4 is 0 Å². The summed E-state index contributed by atoms with van der Waals surface area (Å²) in [7, 11) is 0. The van der Waals surface area contributed by atoms with Gasteiger partial charge in [0.25, 0.3) is 5.56 Å². The monoisotopic (exact) mass is 354 g/mol. The van der Waals surface area contributed by atoms with Crippen molar-refractivity contribution in [2.24, 2.45) is 5.92 Å². The first-order valence-corrected chi connectivity index (χ1v) is 8.74. The zero-order valence-corrected chi connectivity index (χ0v) is 15.2. The van der Waals surface area contributed by atoms with Crippen LogP contribution in [0.2, 0.25) is 0 Å². The van der Waals surface area contributed by atoms with Crippen LogP contribution in [0.3, 0.4) is 0 Å². The molecule has 0 aliphatic carbocycles. The average Bonchev–Trinajstić information content (AvgIpc) is 3.12. The number of nitrogens with zero attached hydrogens (tertiary/aromatic N) is 6. The molecule has 0 bridgehead atoms. The highest BCUT2D eigenvalue weighted by atomic mass is 16.5. The maximum Gasteiger partial charge on any atom is 0.266 e. The van der Waals surface area contributed by atoms with Gasteiger partial charge in [-0.25, -0.2) is 9.36 Å². The van der Waals surface area contributed by atoms with Crippen molar-refractivity contribution in [3.05, 3.63) is 57.5 Å². The van der Waals surface area contributed by atoms with Gasteiger partial charge in [0.2, 0.25) is 0 Å². The first kappa shape index (κ1) is 16.7. The van der Waals surface area contributed by atoms with Crippen LogP contribution in [0.15, 0.2) is 33.7 Å². The minimum Gasteiger partial charge on any atom is -0.361 e. The Morgan fingerprint density at radius 3 is 2.65 bits per heavy atom. The molecule has 0 spiro atoms. The Kier molecular flexibility index (Phi) is 4.20. The van der Waals surface area contributed by atoms with E-state index in [1.807, 2.05) is 26.8 Å². The van der Waals surface area contributed by atoms with Crippen molar-refractivity contribution in [2.45, 2.75) is 33.9 Å². The van der Waals surface area contributed by atoms with E-state index < -0.39 is 0 Å². The van der Waals surface area contributed by atoms with Crippen molar-refractivity contribution in [2.75, 3.05) is 13.1 Å². The molecule has 4 heterocycles. The minimum absolute atomic E-state index is 0.0800. The Balaban J connectivity index is 1.43. The molecular formula is C18H22N6O2. The molecule has 26 heavy (non-hydrogen) atoms. The molecule has 0 N–H and O–H groups in total. The second-order valence-electron chi connectivity index (χ2n) is 7.02. The van der Waals surface area contributed by atoms with Gasteiger partial charge in [0.15, 0.2) is 5.82 Å². The van der Waals surface area contributed by atoms with Crippen LogP contribution in [0, 0.1) is 26.7 Å². The van der Waals surface area contributed by atoms with Gasteiger partial charge >= 0.3 is 0 Å². The van der Waals surface area contributed by atoms with Crippen LogP contribution in [0.1, 0.15) is 22.7 Å². The van der Waals surface area contributed by atoms with Crippen molar-refractivity contribution < 1.29 is 4.52 Å². The molecule has 3 aromatic heterocycles. The van der Waals surface area contributed by atoms with Crippen molar-refractivity contribution in [1.82, 2.24) is 29.6 Å². The van der Waals surface area contributed by atoms with Gasteiger partial charge in [-0.1, -0.05) is 5.16 Å². The topological polar surface area (TPSA) is 82.0 Å². The molecule has 136 valence electrons. The largest absolute Gasteiger partial charge is 0.361 e. The van der Waals surface area contributed by atoms with E-state index in [2.05, 4.69) is 20.3 Å². The SMILES string of the molecule is Cc1cc(C)n(-c2ccc(=O)n(CC3CN(Cc4cnoc4C)C3)n2)n1. The molecule has 4 rings (SSSR count). The summed E-state index contributed by atoms with van der Waals surface area (Å²) in [5.41, 5.74) is 2.97. The zero-order valence-electron chi connectivity index (χ0n) is 15.2. The molecule has 3 aromatic rings. The summed E-state index contributed by atoms with van der Waals surface area (Å²) in [6, 6.07) is 5.28. The second-order valence-corrected chi connectivity index (χ2v) is 7.02. The summed E-state index contributed by atoms with van der Waals surface area (Å²) in [6.45, 7) is 9.16. The Hall–Kier alpha value is -2.74. The first-order valence-electron chi connectivity index (χ1n) is 8.74. The summed E-state index contributed by atoms with van der Waals surface area (Å²) >= 11 is 0. The predicted octanol–water partition coefficient (Wildman–Crippen LogP) is 1.47. The summed E-state index contributed by atoms with van der Waals surface area (Å²) in [4.78, 5) is 14.5. The van der Waals surface area contributed by atoms with E-state index in [1.54, 1.807) is 27.7 Å². The molecule has 0 unspecified atom stereocenters. The zero-order chi connectivity index (χ0) is 18.3. The van der Waals surface area contributed by atoms with Crippen LogP contribution in [0.25, 0.3) is 5.82 Å². The van der Waals surface area contributed by atoms with Gasteiger partial charge in [0.05, 0.1) is 18.4 Å². The molecule has 1 fully saturated rings. The summed E-state index contributed by atoms with van der Waals surface area (Å²) in [6.07, 6.45) is 1.77. The highest BCUT2D eigenvalue weighted by Crippen LogP contribution is 2.21. The van der Waals surface area contributed by atoms with E-state index >= 15 is 0 Å². The molecule has 0 radical (unpaired) electrons. The maximum absolute atomic E-state index is 12.2. The lowest BCUT2D eigenvalue weighted by Crippen LogP contribution is -2.49. The number of rotatable bonds is 5.